The number of amides is 1. The maximum atomic E-state index is 12.2. The molecule has 19 heavy (non-hydrogen) atoms. The molecule has 5 heteroatoms. The van der Waals surface area contributed by atoms with Gasteiger partial charge < -0.3 is 15.2 Å². The summed E-state index contributed by atoms with van der Waals surface area (Å²) in [5.74, 6) is -0.145. The maximum Gasteiger partial charge on any atom is 0.251 e. The molecule has 104 valence electrons. The van der Waals surface area contributed by atoms with Gasteiger partial charge in [-0.2, -0.15) is 0 Å². The average molecular weight is 281 g/mol. The number of benzene rings is 1. The zero-order valence-corrected chi connectivity index (χ0v) is 12.0. The Kier molecular flexibility index (Phi) is 4.50. The van der Waals surface area contributed by atoms with Gasteiger partial charge in [0.1, 0.15) is 5.60 Å². The second-order valence-electron chi connectivity index (χ2n) is 4.89. The lowest BCUT2D eigenvalue weighted by Gasteiger charge is -2.21. The van der Waals surface area contributed by atoms with Gasteiger partial charge in [-0.25, -0.2) is 0 Å². The van der Waals surface area contributed by atoms with Crippen molar-refractivity contribution >= 4 is 17.7 Å². The van der Waals surface area contributed by atoms with Crippen LogP contribution in [0.4, 0.5) is 0 Å². The van der Waals surface area contributed by atoms with Crippen LogP contribution in [0.3, 0.4) is 0 Å². The van der Waals surface area contributed by atoms with Gasteiger partial charge in [0.25, 0.3) is 5.91 Å². The Morgan fingerprint density at radius 3 is 3.00 bits per heavy atom. The highest BCUT2D eigenvalue weighted by molar-refractivity contribution is 7.98. The first kappa shape index (κ1) is 14.4. The molecule has 2 N–H and O–H groups in total. The molecule has 1 aliphatic heterocycles. The molecule has 4 nitrogen and oxygen atoms in total. The van der Waals surface area contributed by atoms with E-state index in [9.17, 15) is 9.90 Å². The number of hydrogen-bond donors (Lipinski definition) is 2. The fourth-order valence-corrected chi connectivity index (χ4v) is 2.49. The molecular weight excluding hydrogens is 262 g/mol. The summed E-state index contributed by atoms with van der Waals surface area (Å²) in [6, 6.07) is 5.81. The number of rotatable bonds is 4. The minimum absolute atomic E-state index is 0.145. The molecule has 1 aromatic rings. The van der Waals surface area contributed by atoms with Gasteiger partial charge in [-0.3, -0.25) is 4.79 Å². The summed E-state index contributed by atoms with van der Waals surface area (Å²) in [5, 5.41) is 12.9. The van der Waals surface area contributed by atoms with E-state index < -0.39 is 5.60 Å². The first-order valence-corrected chi connectivity index (χ1v) is 7.49. The molecule has 2 rings (SSSR count). The predicted octanol–water partition coefficient (Wildman–Crippen LogP) is 1.60. The second-order valence-corrected chi connectivity index (χ2v) is 5.77. The molecule has 0 aromatic heterocycles. The van der Waals surface area contributed by atoms with Crippen LogP contribution in [0.1, 0.15) is 22.3 Å². The fourth-order valence-electron chi connectivity index (χ4n) is 2.05. The average Bonchev–Trinajstić information content (AvgIpc) is 2.84. The quantitative estimate of drug-likeness (QED) is 0.823. The highest BCUT2D eigenvalue weighted by Gasteiger charge is 2.32. The van der Waals surface area contributed by atoms with Crippen LogP contribution in [0.5, 0.6) is 0 Å². The van der Waals surface area contributed by atoms with E-state index >= 15 is 0 Å². The summed E-state index contributed by atoms with van der Waals surface area (Å²) >= 11 is 1.60. The standard InChI is InChI=1S/C14H19NO3S/c1-10-3-4-11(19-2)7-12(10)13(16)15-8-14(17)5-6-18-9-14/h3-4,7,17H,5-6,8-9H2,1-2H3,(H,15,16). The first-order chi connectivity index (χ1) is 9.04. The van der Waals surface area contributed by atoms with Crippen molar-refractivity contribution in [1.82, 2.24) is 5.32 Å². The van der Waals surface area contributed by atoms with Crippen LogP contribution in [0.2, 0.25) is 0 Å². The summed E-state index contributed by atoms with van der Waals surface area (Å²) in [5.41, 5.74) is 0.681. The molecule has 1 heterocycles. The van der Waals surface area contributed by atoms with Crippen LogP contribution in [-0.2, 0) is 4.74 Å². The lowest BCUT2D eigenvalue weighted by molar-refractivity contribution is 0.0264. The monoisotopic (exact) mass is 281 g/mol. The molecular formula is C14H19NO3S. The fraction of sp³-hybridized carbons (Fsp3) is 0.500. The minimum Gasteiger partial charge on any atom is -0.386 e. The number of aliphatic hydroxyl groups is 1. The molecule has 0 saturated carbocycles. The van der Waals surface area contributed by atoms with Gasteiger partial charge in [-0.05, 0) is 30.9 Å². The molecule has 1 aromatic carbocycles. The van der Waals surface area contributed by atoms with Crippen LogP contribution in [0.15, 0.2) is 23.1 Å². The second kappa shape index (κ2) is 5.94. The topological polar surface area (TPSA) is 58.6 Å². The molecule has 1 fully saturated rings. The number of carbonyl (C=O) groups is 1. The first-order valence-electron chi connectivity index (χ1n) is 6.27. The van der Waals surface area contributed by atoms with Gasteiger partial charge in [0.05, 0.1) is 6.61 Å². The van der Waals surface area contributed by atoms with E-state index in [1.807, 2.05) is 31.4 Å². The van der Waals surface area contributed by atoms with E-state index in [0.717, 1.165) is 10.5 Å². The molecule has 1 atom stereocenters. The van der Waals surface area contributed by atoms with E-state index in [1.54, 1.807) is 11.8 Å². The number of thioether (sulfide) groups is 1. The zero-order valence-electron chi connectivity index (χ0n) is 11.2. The van der Waals surface area contributed by atoms with Crippen molar-refractivity contribution in [3.63, 3.8) is 0 Å². The van der Waals surface area contributed by atoms with E-state index in [0.29, 0.717) is 18.6 Å². The number of hydrogen-bond acceptors (Lipinski definition) is 4. The Morgan fingerprint density at radius 1 is 1.58 bits per heavy atom. The number of nitrogens with one attached hydrogen (secondary N) is 1. The Bertz CT molecular complexity index is 470. The van der Waals surface area contributed by atoms with Gasteiger partial charge in [0, 0.05) is 30.0 Å². The molecule has 1 amide bonds. The van der Waals surface area contributed by atoms with Crippen LogP contribution in [0.25, 0.3) is 0 Å². The SMILES string of the molecule is CSc1ccc(C)c(C(=O)NCC2(O)CCOC2)c1. The largest absolute Gasteiger partial charge is 0.386 e. The number of carbonyl (C=O) groups excluding carboxylic acids is 1. The Hall–Kier alpha value is -1.04. The predicted molar refractivity (Wildman–Crippen MR) is 75.7 cm³/mol. The Morgan fingerprint density at radius 2 is 2.37 bits per heavy atom. The van der Waals surface area contributed by atoms with E-state index in [-0.39, 0.29) is 19.1 Å². The van der Waals surface area contributed by atoms with Gasteiger partial charge in [-0.1, -0.05) is 6.07 Å². The molecule has 0 spiro atoms. The normalized spacial score (nSPS) is 22.5. The molecule has 1 saturated heterocycles. The minimum atomic E-state index is -0.916. The van der Waals surface area contributed by atoms with Crippen LogP contribution in [-0.4, -0.2) is 42.6 Å². The molecule has 1 aliphatic rings. The highest BCUT2D eigenvalue weighted by atomic mass is 32.2. The lowest BCUT2D eigenvalue weighted by Crippen LogP contribution is -2.43. The summed E-state index contributed by atoms with van der Waals surface area (Å²) in [6.07, 6.45) is 2.54. The summed E-state index contributed by atoms with van der Waals surface area (Å²) in [4.78, 5) is 13.2. The van der Waals surface area contributed by atoms with E-state index in [1.165, 1.54) is 0 Å². The Labute approximate surface area is 117 Å². The van der Waals surface area contributed by atoms with Crippen molar-refractivity contribution in [2.45, 2.75) is 23.8 Å². The molecule has 1 unspecified atom stereocenters. The van der Waals surface area contributed by atoms with Crippen molar-refractivity contribution in [1.29, 1.82) is 0 Å². The van der Waals surface area contributed by atoms with Gasteiger partial charge >= 0.3 is 0 Å². The highest BCUT2D eigenvalue weighted by Crippen LogP contribution is 2.20. The summed E-state index contributed by atoms with van der Waals surface area (Å²) < 4.78 is 5.15. The summed E-state index contributed by atoms with van der Waals surface area (Å²) in [7, 11) is 0. The molecule has 0 bridgehead atoms. The maximum absolute atomic E-state index is 12.2. The van der Waals surface area contributed by atoms with Gasteiger partial charge in [-0.15, -0.1) is 11.8 Å². The van der Waals surface area contributed by atoms with Crippen molar-refractivity contribution in [2.75, 3.05) is 26.0 Å². The zero-order chi connectivity index (χ0) is 13.9. The van der Waals surface area contributed by atoms with E-state index in [2.05, 4.69) is 5.32 Å². The molecule has 0 aliphatic carbocycles. The summed E-state index contributed by atoms with van der Waals surface area (Å²) in [6.45, 7) is 2.98. The Balaban J connectivity index is 2.03. The molecule has 0 radical (unpaired) electrons. The van der Waals surface area contributed by atoms with Crippen LogP contribution < -0.4 is 5.32 Å². The van der Waals surface area contributed by atoms with Crippen molar-refractivity contribution in [3.8, 4) is 0 Å². The third kappa shape index (κ3) is 3.49. The van der Waals surface area contributed by atoms with E-state index in [4.69, 9.17) is 4.74 Å². The van der Waals surface area contributed by atoms with Gasteiger partial charge in [0.2, 0.25) is 0 Å². The number of ether oxygens (including phenoxy) is 1. The third-order valence-electron chi connectivity index (χ3n) is 3.35. The smallest absolute Gasteiger partial charge is 0.251 e. The third-order valence-corrected chi connectivity index (χ3v) is 4.08. The van der Waals surface area contributed by atoms with Crippen molar-refractivity contribution in [2.24, 2.45) is 0 Å². The van der Waals surface area contributed by atoms with Crippen LogP contribution >= 0.6 is 11.8 Å². The number of aryl methyl sites for hydroxylation is 1. The van der Waals surface area contributed by atoms with Gasteiger partial charge in [0.15, 0.2) is 0 Å². The van der Waals surface area contributed by atoms with Crippen molar-refractivity contribution in [3.05, 3.63) is 29.3 Å². The van der Waals surface area contributed by atoms with Crippen LogP contribution in [0, 0.1) is 6.92 Å². The lowest BCUT2D eigenvalue weighted by atomic mass is 10.0. The van der Waals surface area contributed by atoms with Crippen molar-refractivity contribution < 1.29 is 14.6 Å².